The Morgan fingerprint density at radius 3 is 2.87 bits per heavy atom. The minimum absolute atomic E-state index is 0.0624. The lowest BCUT2D eigenvalue weighted by molar-refractivity contribution is 0.203. The Morgan fingerprint density at radius 2 is 2.17 bits per heavy atom. The first kappa shape index (κ1) is 17.6. The summed E-state index contributed by atoms with van der Waals surface area (Å²) in [7, 11) is 4.14. The van der Waals surface area contributed by atoms with E-state index < -0.39 is 0 Å². The zero-order valence-corrected chi connectivity index (χ0v) is 14.5. The first-order valence-electron chi connectivity index (χ1n) is 8.51. The Labute approximate surface area is 139 Å². The van der Waals surface area contributed by atoms with Crippen LogP contribution in [0.15, 0.2) is 24.3 Å². The number of ether oxygens (including phenoxy) is 1. The number of carbonyl (C=O) groups is 1. The number of hydrogen-bond donors (Lipinski definition) is 1. The molecule has 0 unspecified atom stereocenters. The van der Waals surface area contributed by atoms with Crippen molar-refractivity contribution in [2.75, 3.05) is 40.3 Å². The zero-order chi connectivity index (χ0) is 16.7. The number of carbonyl (C=O) groups excluding carboxylic acids is 1. The second kappa shape index (κ2) is 8.77. The van der Waals surface area contributed by atoms with E-state index >= 15 is 0 Å². The molecule has 1 fully saturated rings. The molecule has 1 aliphatic rings. The van der Waals surface area contributed by atoms with Gasteiger partial charge in [0.05, 0.1) is 6.61 Å². The van der Waals surface area contributed by atoms with Crippen LogP contribution in [0.1, 0.15) is 25.3 Å². The molecule has 0 bridgehead atoms. The molecule has 0 aromatic heterocycles. The van der Waals surface area contributed by atoms with Gasteiger partial charge in [0, 0.05) is 25.7 Å². The number of urea groups is 1. The van der Waals surface area contributed by atoms with Crippen LogP contribution in [0.25, 0.3) is 0 Å². The van der Waals surface area contributed by atoms with Gasteiger partial charge < -0.3 is 19.9 Å². The number of rotatable bonds is 7. The third-order valence-electron chi connectivity index (χ3n) is 4.35. The van der Waals surface area contributed by atoms with Crippen LogP contribution in [0.2, 0.25) is 0 Å². The fourth-order valence-electron chi connectivity index (χ4n) is 2.94. The van der Waals surface area contributed by atoms with E-state index in [1.54, 1.807) is 0 Å². The van der Waals surface area contributed by atoms with Gasteiger partial charge in [0.1, 0.15) is 5.75 Å². The molecule has 1 aromatic carbocycles. The maximum absolute atomic E-state index is 12.2. The van der Waals surface area contributed by atoms with E-state index in [-0.39, 0.29) is 6.03 Å². The standard InChI is InChI=1S/C18H29N3O2/c1-4-23-17-10-6-5-8-15(17)9-7-12-19-18(22)21-13-11-16(14-21)20(2)3/h5-6,8,10,16H,4,7,9,11-14H2,1-3H3,(H,19,22)/t16-/m0/s1. The van der Waals surface area contributed by atoms with Gasteiger partial charge >= 0.3 is 6.03 Å². The van der Waals surface area contributed by atoms with Gasteiger partial charge in [0.25, 0.3) is 0 Å². The highest BCUT2D eigenvalue weighted by Crippen LogP contribution is 2.19. The number of nitrogens with zero attached hydrogens (tertiary/aromatic N) is 2. The number of para-hydroxylation sites is 1. The fourth-order valence-corrected chi connectivity index (χ4v) is 2.94. The molecule has 0 saturated carbocycles. The van der Waals surface area contributed by atoms with Gasteiger partial charge in [-0.2, -0.15) is 0 Å². The maximum atomic E-state index is 12.2. The van der Waals surface area contributed by atoms with Crippen LogP contribution < -0.4 is 10.1 Å². The SMILES string of the molecule is CCOc1ccccc1CCCNC(=O)N1CC[C@H](N(C)C)C1. The third-order valence-corrected chi connectivity index (χ3v) is 4.35. The van der Waals surface area contributed by atoms with Crippen molar-refractivity contribution >= 4 is 6.03 Å². The Kier molecular flexibility index (Phi) is 6.71. The minimum atomic E-state index is 0.0624. The van der Waals surface area contributed by atoms with Crippen LogP contribution in [0.4, 0.5) is 4.79 Å². The Balaban J connectivity index is 1.70. The van der Waals surface area contributed by atoms with Gasteiger partial charge in [0.15, 0.2) is 0 Å². The number of nitrogens with one attached hydrogen (secondary N) is 1. The molecular weight excluding hydrogens is 290 g/mol. The summed E-state index contributed by atoms with van der Waals surface area (Å²) in [5.74, 6) is 0.953. The van der Waals surface area contributed by atoms with E-state index in [2.05, 4.69) is 30.4 Å². The van der Waals surface area contributed by atoms with Gasteiger partial charge in [0.2, 0.25) is 0 Å². The van der Waals surface area contributed by atoms with Gasteiger partial charge in [-0.05, 0) is 51.9 Å². The highest BCUT2D eigenvalue weighted by molar-refractivity contribution is 5.74. The Bertz CT molecular complexity index is 505. The molecule has 0 spiro atoms. The Morgan fingerprint density at radius 1 is 1.39 bits per heavy atom. The van der Waals surface area contributed by atoms with Gasteiger partial charge in [-0.1, -0.05) is 18.2 Å². The summed E-state index contributed by atoms with van der Waals surface area (Å²) in [5, 5.41) is 3.03. The molecule has 5 nitrogen and oxygen atoms in total. The molecule has 23 heavy (non-hydrogen) atoms. The molecular formula is C18H29N3O2. The topological polar surface area (TPSA) is 44.8 Å². The van der Waals surface area contributed by atoms with E-state index in [1.807, 2.05) is 30.0 Å². The predicted molar refractivity (Wildman–Crippen MR) is 93.0 cm³/mol. The van der Waals surface area contributed by atoms with Gasteiger partial charge in [-0.25, -0.2) is 4.79 Å². The van der Waals surface area contributed by atoms with Crippen LogP contribution in [-0.2, 0) is 6.42 Å². The predicted octanol–water partition coefficient (Wildman–Crippen LogP) is 2.36. The summed E-state index contributed by atoms with van der Waals surface area (Å²) in [6.07, 6.45) is 2.89. The van der Waals surface area contributed by atoms with E-state index in [9.17, 15) is 4.79 Å². The van der Waals surface area contributed by atoms with Crippen molar-refractivity contribution in [2.24, 2.45) is 0 Å². The smallest absolute Gasteiger partial charge is 0.317 e. The van der Waals surface area contributed by atoms with Crippen LogP contribution in [0, 0.1) is 0 Å². The first-order valence-corrected chi connectivity index (χ1v) is 8.51. The molecule has 1 aliphatic heterocycles. The Hall–Kier alpha value is -1.75. The van der Waals surface area contributed by atoms with E-state index in [4.69, 9.17) is 4.74 Å². The second-order valence-electron chi connectivity index (χ2n) is 6.23. The summed E-state index contributed by atoms with van der Waals surface area (Å²) >= 11 is 0. The van der Waals surface area contributed by atoms with Crippen LogP contribution >= 0.6 is 0 Å². The summed E-state index contributed by atoms with van der Waals surface area (Å²) < 4.78 is 5.63. The van der Waals surface area contributed by atoms with E-state index in [0.717, 1.165) is 38.1 Å². The monoisotopic (exact) mass is 319 g/mol. The van der Waals surface area contributed by atoms with Crippen LogP contribution in [-0.4, -0.2) is 62.2 Å². The molecule has 1 aromatic rings. The number of amides is 2. The molecule has 1 heterocycles. The lowest BCUT2D eigenvalue weighted by Gasteiger charge is -2.20. The molecule has 5 heteroatoms. The van der Waals surface area contributed by atoms with Crippen LogP contribution in [0.5, 0.6) is 5.75 Å². The highest BCUT2D eigenvalue weighted by Gasteiger charge is 2.26. The highest BCUT2D eigenvalue weighted by atomic mass is 16.5. The lowest BCUT2D eigenvalue weighted by Crippen LogP contribution is -2.41. The molecule has 128 valence electrons. The number of likely N-dealkylation sites (N-methyl/N-ethyl adjacent to an activating group) is 1. The average Bonchev–Trinajstić information content (AvgIpc) is 3.03. The number of hydrogen-bond acceptors (Lipinski definition) is 3. The summed E-state index contributed by atoms with van der Waals surface area (Å²) in [4.78, 5) is 16.3. The van der Waals surface area contributed by atoms with Crippen molar-refractivity contribution in [1.82, 2.24) is 15.1 Å². The largest absolute Gasteiger partial charge is 0.494 e. The normalized spacial score (nSPS) is 17.6. The molecule has 2 rings (SSSR count). The van der Waals surface area contributed by atoms with Crippen molar-refractivity contribution in [1.29, 1.82) is 0 Å². The van der Waals surface area contributed by atoms with E-state index in [0.29, 0.717) is 19.2 Å². The third kappa shape index (κ3) is 5.13. The molecule has 2 amide bonds. The van der Waals surface area contributed by atoms with Crippen LogP contribution in [0.3, 0.4) is 0 Å². The molecule has 0 aliphatic carbocycles. The summed E-state index contributed by atoms with van der Waals surface area (Å²) in [6, 6.07) is 8.66. The van der Waals surface area contributed by atoms with Gasteiger partial charge in [-0.3, -0.25) is 0 Å². The zero-order valence-electron chi connectivity index (χ0n) is 14.5. The molecule has 1 N–H and O–H groups in total. The number of aryl methyl sites for hydroxylation is 1. The number of benzene rings is 1. The average molecular weight is 319 g/mol. The quantitative estimate of drug-likeness (QED) is 0.785. The van der Waals surface area contributed by atoms with E-state index in [1.165, 1.54) is 5.56 Å². The van der Waals surface area contributed by atoms with Crippen molar-refractivity contribution < 1.29 is 9.53 Å². The first-order chi connectivity index (χ1) is 11.1. The van der Waals surface area contributed by atoms with Crippen molar-refractivity contribution in [3.05, 3.63) is 29.8 Å². The minimum Gasteiger partial charge on any atom is -0.494 e. The molecule has 1 saturated heterocycles. The fraction of sp³-hybridized carbons (Fsp3) is 0.611. The molecule has 1 atom stereocenters. The second-order valence-corrected chi connectivity index (χ2v) is 6.23. The summed E-state index contributed by atoms with van der Waals surface area (Å²) in [5.41, 5.74) is 1.21. The van der Waals surface area contributed by atoms with Crippen molar-refractivity contribution in [3.8, 4) is 5.75 Å². The maximum Gasteiger partial charge on any atom is 0.317 e. The van der Waals surface area contributed by atoms with Gasteiger partial charge in [-0.15, -0.1) is 0 Å². The van der Waals surface area contributed by atoms with Crippen molar-refractivity contribution in [3.63, 3.8) is 0 Å². The van der Waals surface area contributed by atoms with Crippen molar-refractivity contribution in [2.45, 2.75) is 32.2 Å². The summed E-state index contributed by atoms with van der Waals surface area (Å²) in [6.45, 7) is 5.04. The lowest BCUT2D eigenvalue weighted by atomic mass is 10.1. The molecule has 0 radical (unpaired) electrons. The number of likely N-dealkylation sites (tertiary alicyclic amines) is 1.